The number of pyridine rings is 1. The molecule has 1 aromatic rings. The van der Waals surface area contributed by atoms with Gasteiger partial charge in [-0.2, -0.15) is 5.10 Å². The highest BCUT2D eigenvalue weighted by Crippen LogP contribution is 2.12. The van der Waals surface area contributed by atoms with Crippen molar-refractivity contribution in [3.05, 3.63) is 23.9 Å². The number of carbonyl (C=O) groups is 2. The summed E-state index contributed by atoms with van der Waals surface area (Å²) in [5.41, 5.74) is 4.01. The van der Waals surface area contributed by atoms with Crippen molar-refractivity contribution in [3.63, 3.8) is 0 Å². The van der Waals surface area contributed by atoms with E-state index in [-0.39, 0.29) is 12.5 Å². The van der Waals surface area contributed by atoms with Crippen LogP contribution in [0.15, 0.2) is 23.4 Å². The van der Waals surface area contributed by atoms with Crippen molar-refractivity contribution in [2.24, 2.45) is 5.10 Å². The molecule has 0 saturated carbocycles. The van der Waals surface area contributed by atoms with E-state index in [1.54, 1.807) is 25.3 Å². The summed E-state index contributed by atoms with van der Waals surface area (Å²) in [6.45, 7) is 1.88. The van der Waals surface area contributed by atoms with Gasteiger partial charge in [-0.3, -0.25) is 4.79 Å². The monoisotopic (exact) mass is 277 g/mol. The van der Waals surface area contributed by atoms with Gasteiger partial charge in [0, 0.05) is 30.7 Å². The third kappa shape index (κ3) is 3.78. The van der Waals surface area contributed by atoms with Crippen LogP contribution in [0.2, 0.25) is 0 Å². The second-order valence-corrected chi connectivity index (χ2v) is 4.07. The highest BCUT2D eigenvalue weighted by atomic mass is 16.6. The minimum atomic E-state index is -0.433. The number of carbonyl (C=O) groups excluding carboxylic acids is 2. The van der Waals surface area contributed by atoms with Crippen LogP contribution in [-0.2, 0) is 14.3 Å². The number of hydrogen-bond acceptors (Lipinski definition) is 6. The van der Waals surface area contributed by atoms with Gasteiger partial charge in [0.05, 0.1) is 12.3 Å². The second kappa shape index (κ2) is 6.65. The van der Waals surface area contributed by atoms with E-state index in [0.29, 0.717) is 25.3 Å². The summed E-state index contributed by atoms with van der Waals surface area (Å²) in [5.74, 6) is -0.184. The molecule has 1 N–H and O–H groups in total. The van der Waals surface area contributed by atoms with Crippen molar-refractivity contribution in [1.82, 2.24) is 10.4 Å². The fraction of sp³-hybridized carbons (Fsp3) is 0.385. The Kier molecular flexibility index (Phi) is 4.65. The second-order valence-electron chi connectivity index (χ2n) is 4.07. The average Bonchev–Trinajstić information content (AvgIpc) is 2.47. The van der Waals surface area contributed by atoms with E-state index in [0.717, 1.165) is 11.3 Å². The van der Waals surface area contributed by atoms with Crippen molar-refractivity contribution in [1.29, 1.82) is 0 Å². The zero-order valence-electron chi connectivity index (χ0n) is 11.1. The number of hydrazone groups is 1. The molecule has 0 spiro atoms. The van der Waals surface area contributed by atoms with Gasteiger partial charge in [0.1, 0.15) is 0 Å². The number of aromatic nitrogens is 1. The summed E-state index contributed by atoms with van der Waals surface area (Å²) >= 11 is 0. The molecule has 0 bridgehead atoms. The number of ether oxygens (including phenoxy) is 2. The van der Waals surface area contributed by atoms with Crippen LogP contribution in [-0.4, -0.2) is 35.8 Å². The van der Waals surface area contributed by atoms with Crippen LogP contribution in [0.5, 0.6) is 5.88 Å². The Balaban J connectivity index is 1.93. The maximum Gasteiger partial charge on any atom is 0.344 e. The predicted octanol–water partition coefficient (Wildman–Crippen LogP) is 0.638. The first-order valence-electron chi connectivity index (χ1n) is 6.29. The van der Waals surface area contributed by atoms with Gasteiger partial charge < -0.3 is 9.47 Å². The van der Waals surface area contributed by atoms with Crippen LogP contribution >= 0.6 is 0 Å². The molecular weight excluding hydrogens is 262 g/mol. The van der Waals surface area contributed by atoms with Crippen molar-refractivity contribution in [2.75, 3.05) is 13.2 Å². The van der Waals surface area contributed by atoms with Crippen LogP contribution < -0.4 is 10.2 Å². The van der Waals surface area contributed by atoms with Gasteiger partial charge in [0.2, 0.25) is 11.8 Å². The lowest BCUT2D eigenvalue weighted by atomic mass is 10.1. The smallest absolute Gasteiger partial charge is 0.344 e. The van der Waals surface area contributed by atoms with E-state index in [1.165, 1.54) is 0 Å². The first kappa shape index (κ1) is 14.0. The third-order valence-electron chi connectivity index (χ3n) is 2.62. The molecule has 2 rings (SSSR count). The van der Waals surface area contributed by atoms with Gasteiger partial charge >= 0.3 is 5.97 Å². The first-order chi connectivity index (χ1) is 9.69. The molecule has 0 fully saturated rings. The van der Waals surface area contributed by atoms with E-state index in [9.17, 15) is 9.59 Å². The van der Waals surface area contributed by atoms with Crippen molar-refractivity contribution >= 4 is 17.6 Å². The average molecular weight is 277 g/mol. The molecule has 106 valence electrons. The molecule has 1 amide bonds. The predicted molar refractivity (Wildman–Crippen MR) is 70.3 cm³/mol. The summed E-state index contributed by atoms with van der Waals surface area (Å²) < 4.78 is 9.93. The van der Waals surface area contributed by atoms with E-state index >= 15 is 0 Å². The molecule has 2 heterocycles. The van der Waals surface area contributed by atoms with E-state index < -0.39 is 5.97 Å². The Labute approximate surface area is 116 Å². The molecule has 0 aliphatic carbocycles. The van der Waals surface area contributed by atoms with Gasteiger partial charge in [-0.1, -0.05) is 0 Å². The van der Waals surface area contributed by atoms with Gasteiger partial charge in [0.25, 0.3) is 0 Å². The molecule has 1 aliphatic rings. The topological polar surface area (TPSA) is 89.9 Å². The van der Waals surface area contributed by atoms with Gasteiger partial charge in [-0.05, 0) is 13.0 Å². The summed E-state index contributed by atoms with van der Waals surface area (Å²) in [7, 11) is 0. The molecule has 20 heavy (non-hydrogen) atoms. The summed E-state index contributed by atoms with van der Waals surface area (Å²) in [6.07, 6.45) is 2.59. The number of rotatable bonds is 5. The van der Waals surface area contributed by atoms with E-state index in [4.69, 9.17) is 9.47 Å². The quantitative estimate of drug-likeness (QED) is 0.797. The Morgan fingerprint density at radius 1 is 1.40 bits per heavy atom. The Hall–Kier alpha value is -2.44. The molecule has 0 unspecified atom stereocenters. The zero-order chi connectivity index (χ0) is 14.4. The lowest BCUT2D eigenvalue weighted by Gasteiger charge is -2.12. The number of hydrogen-bond donors (Lipinski definition) is 1. The standard InChI is InChI=1S/C13H15N3O4/c1-2-19-13(18)8-20-12-6-3-9(7-14-12)10-4-5-11(17)16-15-10/h3,6-7H,2,4-5,8H2,1H3,(H,16,17). The van der Waals surface area contributed by atoms with E-state index in [1.807, 2.05) is 0 Å². The van der Waals surface area contributed by atoms with Crippen LogP contribution in [0.3, 0.4) is 0 Å². The van der Waals surface area contributed by atoms with Gasteiger partial charge in [-0.25, -0.2) is 15.2 Å². The van der Waals surface area contributed by atoms with Gasteiger partial charge in [-0.15, -0.1) is 0 Å². The Bertz CT molecular complexity index is 525. The Morgan fingerprint density at radius 3 is 2.85 bits per heavy atom. The molecule has 7 heteroatoms. The fourth-order valence-corrected chi connectivity index (χ4v) is 1.65. The minimum Gasteiger partial charge on any atom is -0.466 e. The zero-order valence-corrected chi connectivity index (χ0v) is 11.1. The molecule has 7 nitrogen and oxygen atoms in total. The number of amides is 1. The molecule has 1 aliphatic heterocycles. The Morgan fingerprint density at radius 2 is 2.25 bits per heavy atom. The number of nitrogens with one attached hydrogen (secondary N) is 1. The van der Waals surface area contributed by atoms with Crippen LogP contribution in [0.1, 0.15) is 25.3 Å². The molecule has 0 saturated heterocycles. The minimum absolute atomic E-state index is 0.0869. The summed E-state index contributed by atoms with van der Waals surface area (Å²) in [5, 5.41) is 3.97. The molecular formula is C13H15N3O4. The normalized spacial score (nSPS) is 14.2. The summed E-state index contributed by atoms with van der Waals surface area (Å²) in [4.78, 5) is 26.2. The summed E-state index contributed by atoms with van der Waals surface area (Å²) in [6, 6.07) is 3.43. The van der Waals surface area contributed by atoms with E-state index in [2.05, 4.69) is 15.5 Å². The van der Waals surface area contributed by atoms with Gasteiger partial charge in [0.15, 0.2) is 6.61 Å². The molecule has 0 aromatic carbocycles. The van der Waals surface area contributed by atoms with Crippen molar-refractivity contribution in [3.8, 4) is 5.88 Å². The third-order valence-corrected chi connectivity index (χ3v) is 2.62. The lowest BCUT2D eigenvalue weighted by molar-refractivity contribution is -0.145. The fourth-order valence-electron chi connectivity index (χ4n) is 1.65. The highest BCUT2D eigenvalue weighted by Gasteiger charge is 2.13. The van der Waals surface area contributed by atoms with Crippen LogP contribution in [0.4, 0.5) is 0 Å². The number of esters is 1. The maximum absolute atomic E-state index is 11.1. The number of nitrogens with zero attached hydrogens (tertiary/aromatic N) is 2. The van der Waals surface area contributed by atoms with Crippen LogP contribution in [0.25, 0.3) is 0 Å². The van der Waals surface area contributed by atoms with Crippen molar-refractivity contribution in [2.45, 2.75) is 19.8 Å². The molecule has 0 radical (unpaired) electrons. The largest absolute Gasteiger partial charge is 0.466 e. The van der Waals surface area contributed by atoms with Crippen LogP contribution in [0, 0.1) is 0 Å². The SMILES string of the molecule is CCOC(=O)COc1ccc(C2=NNC(=O)CC2)cn1. The highest BCUT2D eigenvalue weighted by molar-refractivity contribution is 6.03. The van der Waals surface area contributed by atoms with Crippen molar-refractivity contribution < 1.29 is 19.1 Å². The lowest BCUT2D eigenvalue weighted by Crippen LogP contribution is -2.25. The first-order valence-corrected chi connectivity index (χ1v) is 6.29. The molecule has 0 atom stereocenters. The maximum atomic E-state index is 11.1. The molecule has 1 aromatic heterocycles.